The average molecular weight is 437 g/mol. The van der Waals surface area contributed by atoms with Gasteiger partial charge in [0.15, 0.2) is 11.6 Å². The SMILES string of the molecule is O=C1CC(c2ccco2)Cc2c1c(Nc1cccc(C(F)(F)F)c1)nn2-c1ccccc1. The smallest absolute Gasteiger partial charge is 0.416 e. The van der Waals surface area contributed by atoms with Gasteiger partial charge in [-0.2, -0.15) is 13.2 Å². The zero-order valence-electron chi connectivity index (χ0n) is 16.8. The normalized spacial score (nSPS) is 16.1. The van der Waals surface area contributed by atoms with E-state index in [0.717, 1.165) is 23.6 Å². The number of halogens is 3. The molecule has 1 unspecified atom stereocenters. The van der Waals surface area contributed by atoms with Gasteiger partial charge in [0, 0.05) is 24.4 Å². The van der Waals surface area contributed by atoms with Crippen molar-refractivity contribution in [2.75, 3.05) is 5.32 Å². The first kappa shape index (κ1) is 20.1. The lowest BCUT2D eigenvalue weighted by molar-refractivity contribution is -0.137. The minimum Gasteiger partial charge on any atom is -0.469 e. The third-order valence-corrected chi connectivity index (χ3v) is 5.53. The van der Waals surface area contributed by atoms with E-state index in [1.54, 1.807) is 17.0 Å². The number of Topliss-reactive ketones (excluding diaryl/α,β-unsaturated/α-hetero) is 1. The summed E-state index contributed by atoms with van der Waals surface area (Å²) in [7, 11) is 0. The van der Waals surface area contributed by atoms with Crippen LogP contribution in [-0.2, 0) is 12.6 Å². The highest BCUT2D eigenvalue weighted by atomic mass is 19.4. The molecule has 5 nitrogen and oxygen atoms in total. The van der Waals surface area contributed by atoms with Crippen LogP contribution in [0.3, 0.4) is 0 Å². The lowest BCUT2D eigenvalue weighted by Gasteiger charge is -2.21. The summed E-state index contributed by atoms with van der Waals surface area (Å²) in [6.45, 7) is 0. The number of carbonyl (C=O) groups is 1. The fraction of sp³-hybridized carbons (Fsp3) is 0.167. The minimum atomic E-state index is -4.47. The van der Waals surface area contributed by atoms with E-state index in [0.29, 0.717) is 17.7 Å². The highest BCUT2D eigenvalue weighted by Gasteiger charge is 2.35. The first-order chi connectivity index (χ1) is 15.4. The molecule has 2 aromatic carbocycles. The summed E-state index contributed by atoms with van der Waals surface area (Å²) in [6.07, 6.45) is -2.14. The van der Waals surface area contributed by atoms with E-state index in [1.807, 2.05) is 36.4 Å². The van der Waals surface area contributed by atoms with Crippen molar-refractivity contribution in [3.05, 3.63) is 95.6 Å². The number of anilines is 2. The molecular formula is C24H18F3N3O2. The molecule has 0 spiro atoms. The van der Waals surface area contributed by atoms with Crippen LogP contribution in [0, 0.1) is 0 Å². The van der Waals surface area contributed by atoms with E-state index >= 15 is 0 Å². The van der Waals surface area contributed by atoms with E-state index in [-0.39, 0.29) is 29.6 Å². The molecule has 0 fully saturated rings. The molecular weight excluding hydrogens is 419 g/mol. The quantitative estimate of drug-likeness (QED) is 0.417. The maximum Gasteiger partial charge on any atom is 0.416 e. The van der Waals surface area contributed by atoms with Crippen molar-refractivity contribution in [1.29, 1.82) is 0 Å². The van der Waals surface area contributed by atoms with Crippen molar-refractivity contribution in [2.45, 2.75) is 24.9 Å². The molecule has 162 valence electrons. The maximum absolute atomic E-state index is 13.2. The summed E-state index contributed by atoms with van der Waals surface area (Å²) in [6, 6.07) is 17.8. The van der Waals surface area contributed by atoms with Crippen LogP contribution in [0.2, 0.25) is 0 Å². The standard InChI is InChI=1S/C24H18F3N3O2/c25-24(26,27)16-6-4-7-17(14-16)28-23-22-19(30(29-23)18-8-2-1-3-9-18)12-15(13-20(22)31)21-10-5-11-32-21/h1-11,14-15H,12-13H2,(H,28,29). The second-order valence-electron chi connectivity index (χ2n) is 7.66. The van der Waals surface area contributed by atoms with Crippen LogP contribution in [0.25, 0.3) is 5.69 Å². The van der Waals surface area contributed by atoms with Crippen LogP contribution in [-0.4, -0.2) is 15.6 Å². The molecule has 4 aromatic rings. The number of fused-ring (bicyclic) bond motifs is 1. The second kappa shape index (κ2) is 7.71. The molecule has 1 N–H and O–H groups in total. The minimum absolute atomic E-state index is 0.134. The van der Waals surface area contributed by atoms with Crippen molar-refractivity contribution >= 4 is 17.3 Å². The number of hydrogen-bond acceptors (Lipinski definition) is 4. The highest BCUT2D eigenvalue weighted by molar-refractivity contribution is 6.03. The highest BCUT2D eigenvalue weighted by Crippen LogP contribution is 2.38. The Morgan fingerprint density at radius 1 is 1.00 bits per heavy atom. The molecule has 0 aliphatic heterocycles. The second-order valence-corrected chi connectivity index (χ2v) is 7.66. The number of ketones is 1. The Hall–Kier alpha value is -3.81. The third-order valence-electron chi connectivity index (χ3n) is 5.53. The van der Waals surface area contributed by atoms with Crippen molar-refractivity contribution in [2.24, 2.45) is 0 Å². The van der Waals surface area contributed by atoms with Gasteiger partial charge in [0.2, 0.25) is 0 Å². The van der Waals surface area contributed by atoms with Crippen molar-refractivity contribution < 1.29 is 22.4 Å². The maximum atomic E-state index is 13.2. The fourth-order valence-electron chi connectivity index (χ4n) is 4.07. The molecule has 2 aromatic heterocycles. The predicted octanol–water partition coefficient (Wildman–Crippen LogP) is 6.14. The lowest BCUT2D eigenvalue weighted by atomic mass is 9.85. The number of para-hydroxylation sites is 1. The van der Waals surface area contributed by atoms with E-state index in [4.69, 9.17) is 4.42 Å². The van der Waals surface area contributed by atoms with Crippen molar-refractivity contribution in [3.8, 4) is 5.69 Å². The summed E-state index contributed by atoms with van der Waals surface area (Å²) < 4.78 is 46.6. The van der Waals surface area contributed by atoms with Crippen LogP contribution < -0.4 is 5.32 Å². The van der Waals surface area contributed by atoms with E-state index < -0.39 is 11.7 Å². The largest absolute Gasteiger partial charge is 0.469 e. The van der Waals surface area contributed by atoms with Gasteiger partial charge in [-0.15, -0.1) is 5.10 Å². The average Bonchev–Trinajstić information content (AvgIpc) is 3.43. The summed E-state index contributed by atoms with van der Waals surface area (Å²) in [5, 5.41) is 7.53. The van der Waals surface area contributed by atoms with Gasteiger partial charge in [-0.1, -0.05) is 24.3 Å². The Bertz CT molecular complexity index is 1260. The Labute approximate surface area is 181 Å². The first-order valence-corrected chi connectivity index (χ1v) is 10.1. The molecule has 0 amide bonds. The van der Waals surface area contributed by atoms with Gasteiger partial charge < -0.3 is 9.73 Å². The van der Waals surface area contributed by atoms with Crippen LogP contribution in [0.1, 0.15) is 39.7 Å². The summed E-state index contributed by atoms with van der Waals surface area (Å²) in [4.78, 5) is 13.2. The number of aromatic nitrogens is 2. The molecule has 1 aliphatic carbocycles. The van der Waals surface area contributed by atoms with Crippen LogP contribution in [0.15, 0.2) is 77.4 Å². The van der Waals surface area contributed by atoms with Crippen LogP contribution in [0.4, 0.5) is 24.7 Å². The zero-order chi connectivity index (χ0) is 22.3. The van der Waals surface area contributed by atoms with E-state index in [2.05, 4.69) is 10.4 Å². The molecule has 1 aliphatic rings. The number of carbonyl (C=O) groups excluding carboxylic acids is 1. The molecule has 0 bridgehead atoms. The predicted molar refractivity (Wildman–Crippen MR) is 112 cm³/mol. The van der Waals surface area contributed by atoms with Gasteiger partial charge in [0.05, 0.1) is 28.8 Å². The summed E-state index contributed by atoms with van der Waals surface area (Å²) in [5.41, 5.74) is 1.29. The third kappa shape index (κ3) is 3.68. The lowest BCUT2D eigenvalue weighted by Crippen LogP contribution is -2.20. The topological polar surface area (TPSA) is 60.1 Å². The number of nitrogens with one attached hydrogen (secondary N) is 1. The molecule has 0 saturated heterocycles. The Morgan fingerprint density at radius 2 is 1.81 bits per heavy atom. The van der Waals surface area contributed by atoms with Gasteiger partial charge in [0.25, 0.3) is 0 Å². The van der Waals surface area contributed by atoms with Gasteiger partial charge in [-0.3, -0.25) is 4.79 Å². The van der Waals surface area contributed by atoms with E-state index in [9.17, 15) is 18.0 Å². The summed E-state index contributed by atoms with van der Waals surface area (Å²) >= 11 is 0. The molecule has 1 atom stereocenters. The number of furan rings is 1. The number of nitrogens with zero attached hydrogens (tertiary/aromatic N) is 2. The Kier molecular flexibility index (Phi) is 4.84. The fourth-order valence-corrected chi connectivity index (χ4v) is 4.07. The van der Waals surface area contributed by atoms with Crippen molar-refractivity contribution in [3.63, 3.8) is 0 Å². The van der Waals surface area contributed by atoms with Gasteiger partial charge in [-0.05, 0) is 42.5 Å². The molecule has 5 rings (SSSR count). The first-order valence-electron chi connectivity index (χ1n) is 10.1. The summed E-state index contributed by atoms with van der Waals surface area (Å²) in [5.74, 6) is 0.693. The van der Waals surface area contributed by atoms with Crippen LogP contribution >= 0.6 is 0 Å². The number of benzene rings is 2. The molecule has 0 radical (unpaired) electrons. The number of rotatable bonds is 4. The van der Waals surface area contributed by atoms with Gasteiger partial charge >= 0.3 is 6.18 Å². The zero-order valence-corrected chi connectivity index (χ0v) is 16.8. The Morgan fingerprint density at radius 3 is 2.53 bits per heavy atom. The molecule has 32 heavy (non-hydrogen) atoms. The monoisotopic (exact) mass is 437 g/mol. The van der Waals surface area contributed by atoms with Gasteiger partial charge in [0.1, 0.15) is 5.76 Å². The number of alkyl halides is 3. The molecule has 2 heterocycles. The molecule has 8 heteroatoms. The number of hydrogen-bond donors (Lipinski definition) is 1. The molecule has 0 saturated carbocycles. The van der Waals surface area contributed by atoms with Crippen molar-refractivity contribution in [1.82, 2.24) is 9.78 Å². The van der Waals surface area contributed by atoms with E-state index in [1.165, 1.54) is 12.1 Å². The van der Waals surface area contributed by atoms with Gasteiger partial charge in [-0.25, -0.2) is 4.68 Å². The van der Waals surface area contributed by atoms with Crippen LogP contribution in [0.5, 0.6) is 0 Å². The Balaban J connectivity index is 1.59.